The van der Waals surface area contributed by atoms with Crippen molar-refractivity contribution in [2.75, 3.05) is 0 Å². The van der Waals surface area contributed by atoms with Crippen LogP contribution in [0.3, 0.4) is 0 Å². The van der Waals surface area contributed by atoms with Gasteiger partial charge in [-0.3, -0.25) is 5.43 Å². The second-order valence-electron chi connectivity index (χ2n) is 3.03. The van der Waals surface area contributed by atoms with Crippen LogP contribution in [0.15, 0.2) is 29.4 Å². The minimum atomic E-state index is -2.38. The smallest absolute Gasteiger partial charge is 0.242 e. The molecule has 3 N–H and O–H groups in total. The molecule has 0 aliphatic heterocycles. The van der Waals surface area contributed by atoms with Crippen LogP contribution in [-0.2, 0) is 6.42 Å². The summed E-state index contributed by atoms with van der Waals surface area (Å²) in [7, 11) is 0. The highest BCUT2D eigenvalue weighted by atomic mass is 32.1. The molecule has 1 aromatic carbocycles. The summed E-state index contributed by atoms with van der Waals surface area (Å²) in [5.74, 6) is 0. The first kappa shape index (κ1) is 12.5. The number of hydrogen-bond acceptors (Lipinski definition) is 2. The van der Waals surface area contributed by atoms with E-state index in [1.807, 2.05) is 0 Å². The molecule has 86 valence electrons. The average Bonchev–Trinajstić information content (AvgIpc) is 2.19. The fraction of sp³-hybridized carbons (Fsp3) is 0.200. The molecule has 0 aliphatic carbocycles. The Morgan fingerprint density at radius 3 is 2.81 bits per heavy atom. The lowest BCUT2D eigenvalue weighted by Gasteiger charge is -2.04. The van der Waals surface area contributed by atoms with Crippen molar-refractivity contribution in [3.05, 3.63) is 35.4 Å². The third kappa shape index (κ3) is 4.31. The summed E-state index contributed by atoms with van der Waals surface area (Å²) in [6, 6.07) is 6.78. The molecule has 0 bridgehead atoms. The van der Waals surface area contributed by atoms with Crippen LogP contribution in [0.1, 0.15) is 11.1 Å². The van der Waals surface area contributed by atoms with Crippen molar-refractivity contribution >= 4 is 23.5 Å². The molecule has 0 saturated carbocycles. The van der Waals surface area contributed by atoms with Gasteiger partial charge in [0, 0.05) is 6.42 Å². The summed E-state index contributed by atoms with van der Waals surface area (Å²) in [4.78, 5) is 0. The summed E-state index contributed by atoms with van der Waals surface area (Å²) < 4.78 is 24.5. The lowest BCUT2D eigenvalue weighted by atomic mass is 10.1. The first-order valence-electron chi connectivity index (χ1n) is 4.54. The lowest BCUT2D eigenvalue weighted by Crippen LogP contribution is -2.24. The largest absolute Gasteiger partial charge is 0.375 e. The number of rotatable bonds is 4. The third-order valence-corrected chi connectivity index (χ3v) is 1.90. The quantitative estimate of drug-likeness (QED) is 0.480. The standard InChI is InChI=1S/C10H11F2N3S/c11-9(12)5-7-3-1-2-4-8(7)6-14-15-10(13)16/h1-4,6,9H,5H2,(H3,13,15,16). The molecule has 0 unspecified atom stereocenters. The second kappa shape index (κ2) is 6.12. The van der Waals surface area contributed by atoms with Crippen LogP contribution < -0.4 is 11.2 Å². The van der Waals surface area contributed by atoms with Crippen molar-refractivity contribution in [3.8, 4) is 0 Å². The van der Waals surface area contributed by atoms with Crippen LogP contribution in [0.25, 0.3) is 0 Å². The van der Waals surface area contributed by atoms with Gasteiger partial charge in [-0.05, 0) is 23.3 Å². The highest BCUT2D eigenvalue weighted by Gasteiger charge is 2.07. The predicted octanol–water partition coefficient (Wildman–Crippen LogP) is 1.66. The molecule has 0 heterocycles. The monoisotopic (exact) mass is 243 g/mol. The molecule has 6 heteroatoms. The molecule has 3 nitrogen and oxygen atoms in total. The maximum atomic E-state index is 12.3. The molecule has 1 aromatic rings. The Kier molecular flexibility index (Phi) is 4.78. The van der Waals surface area contributed by atoms with Crippen LogP contribution >= 0.6 is 12.2 Å². The van der Waals surface area contributed by atoms with Crippen LogP contribution in [-0.4, -0.2) is 17.8 Å². The molecular formula is C10H11F2N3S. The van der Waals surface area contributed by atoms with Gasteiger partial charge in [-0.2, -0.15) is 5.10 Å². The van der Waals surface area contributed by atoms with E-state index in [9.17, 15) is 8.78 Å². The minimum absolute atomic E-state index is 0.0302. The predicted molar refractivity (Wildman–Crippen MR) is 63.7 cm³/mol. The molecule has 0 spiro atoms. The van der Waals surface area contributed by atoms with Gasteiger partial charge >= 0.3 is 0 Å². The molecular weight excluding hydrogens is 232 g/mol. The van der Waals surface area contributed by atoms with Gasteiger partial charge in [-0.25, -0.2) is 8.78 Å². The summed E-state index contributed by atoms with van der Waals surface area (Å²) in [5, 5.41) is 3.75. The summed E-state index contributed by atoms with van der Waals surface area (Å²) in [6.07, 6.45) is -1.26. The number of nitrogens with one attached hydrogen (secondary N) is 1. The molecule has 0 aromatic heterocycles. The van der Waals surface area contributed by atoms with E-state index in [0.29, 0.717) is 11.1 Å². The molecule has 0 amide bonds. The number of benzene rings is 1. The second-order valence-corrected chi connectivity index (χ2v) is 3.47. The zero-order chi connectivity index (χ0) is 12.0. The highest BCUT2D eigenvalue weighted by molar-refractivity contribution is 7.80. The van der Waals surface area contributed by atoms with Crippen LogP contribution in [0.2, 0.25) is 0 Å². The Morgan fingerprint density at radius 2 is 2.19 bits per heavy atom. The van der Waals surface area contributed by atoms with E-state index in [1.54, 1.807) is 24.3 Å². The van der Waals surface area contributed by atoms with Crippen molar-refractivity contribution in [2.24, 2.45) is 10.8 Å². The Morgan fingerprint density at radius 1 is 1.50 bits per heavy atom. The van der Waals surface area contributed by atoms with Crippen molar-refractivity contribution in [1.29, 1.82) is 0 Å². The number of hydrogen-bond donors (Lipinski definition) is 2. The van der Waals surface area contributed by atoms with Crippen molar-refractivity contribution in [3.63, 3.8) is 0 Å². The fourth-order valence-corrected chi connectivity index (χ4v) is 1.23. The van der Waals surface area contributed by atoms with E-state index < -0.39 is 6.43 Å². The van der Waals surface area contributed by atoms with E-state index in [2.05, 4.69) is 22.7 Å². The maximum absolute atomic E-state index is 12.3. The Labute approximate surface area is 97.3 Å². The molecule has 0 saturated heterocycles. The van der Waals surface area contributed by atoms with Gasteiger partial charge in [-0.15, -0.1) is 0 Å². The fourth-order valence-electron chi connectivity index (χ4n) is 1.18. The number of halogens is 2. The molecule has 1 rings (SSSR count). The van der Waals surface area contributed by atoms with Gasteiger partial charge in [0.25, 0.3) is 0 Å². The van der Waals surface area contributed by atoms with E-state index in [-0.39, 0.29) is 11.5 Å². The Balaban J connectivity index is 2.78. The maximum Gasteiger partial charge on any atom is 0.242 e. The Hall–Kier alpha value is -1.56. The normalized spacial score (nSPS) is 10.9. The number of alkyl halides is 2. The van der Waals surface area contributed by atoms with E-state index in [1.165, 1.54) is 6.21 Å². The number of nitrogens with zero attached hydrogens (tertiary/aromatic N) is 1. The molecule has 0 aliphatic rings. The van der Waals surface area contributed by atoms with Gasteiger partial charge in [0.1, 0.15) is 0 Å². The van der Waals surface area contributed by atoms with E-state index >= 15 is 0 Å². The topological polar surface area (TPSA) is 50.4 Å². The van der Waals surface area contributed by atoms with Crippen molar-refractivity contribution < 1.29 is 8.78 Å². The molecule has 0 atom stereocenters. The first-order chi connectivity index (χ1) is 7.59. The van der Waals surface area contributed by atoms with Crippen molar-refractivity contribution in [1.82, 2.24) is 5.43 Å². The minimum Gasteiger partial charge on any atom is -0.375 e. The SMILES string of the molecule is NC(=S)NN=Cc1ccccc1CC(F)F. The average molecular weight is 243 g/mol. The summed E-state index contributed by atoms with van der Waals surface area (Å²) >= 11 is 4.55. The van der Waals surface area contributed by atoms with Gasteiger partial charge < -0.3 is 5.73 Å². The molecule has 16 heavy (non-hydrogen) atoms. The van der Waals surface area contributed by atoms with Crippen LogP contribution in [0.4, 0.5) is 8.78 Å². The number of nitrogens with two attached hydrogens (primary N) is 1. The van der Waals surface area contributed by atoms with Crippen LogP contribution in [0.5, 0.6) is 0 Å². The summed E-state index contributed by atoms with van der Waals surface area (Å²) in [5.41, 5.74) is 8.68. The van der Waals surface area contributed by atoms with Crippen molar-refractivity contribution in [2.45, 2.75) is 12.8 Å². The zero-order valence-corrected chi connectivity index (χ0v) is 9.18. The molecule has 0 radical (unpaired) electrons. The molecule has 0 fully saturated rings. The first-order valence-corrected chi connectivity index (χ1v) is 4.95. The lowest BCUT2D eigenvalue weighted by molar-refractivity contribution is 0.149. The number of hydrazone groups is 1. The van der Waals surface area contributed by atoms with Crippen LogP contribution in [0, 0.1) is 0 Å². The highest BCUT2D eigenvalue weighted by Crippen LogP contribution is 2.11. The zero-order valence-electron chi connectivity index (χ0n) is 8.36. The number of thiocarbonyl (C=S) groups is 1. The van der Waals surface area contributed by atoms with Gasteiger partial charge in [0.15, 0.2) is 5.11 Å². The third-order valence-electron chi connectivity index (χ3n) is 1.81. The summed E-state index contributed by atoms with van der Waals surface area (Å²) in [6.45, 7) is 0. The Bertz CT molecular complexity index is 393. The van der Waals surface area contributed by atoms with E-state index in [4.69, 9.17) is 5.73 Å². The van der Waals surface area contributed by atoms with Gasteiger partial charge in [0.2, 0.25) is 6.43 Å². The van der Waals surface area contributed by atoms with Gasteiger partial charge in [-0.1, -0.05) is 24.3 Å². The van der Waals surface area contributed by atoms with E-state index in [0.717, 1.165) is 0 Å². The van der Waals surface area contributed by atoms with Gasteiger partial charge in [0.05, 0.1) is 6.21 Å².